The molecule has 0 saturated heterocycles. The van der Waals surface area contributed by atoms with Gasteiger partial charge in [-0.15, -0.1) is 53.6 Å². The van der Waals surface area contributed by atoms with Gasteiger partial charge in [0.1, 0.15) is 5.82 Å². The molecule has 6 heteroatoms. The van der Waals surface area contributed by atoms with Crippen molar-refractivity contribution >= 4 is 44.6 Å². The van der Waals surface area contributed by atoms with Crippen LogP contribution in [0.25, 0.3) is 49.9 Å². The number of ether oxygens (including phenoxy) is 1. The molecule has 3 heterocycles. The van der Waals surface area contributed by atoms with E-state index in [1.165, 1.54) is 0 Å². The standard InChI is InChI=1S/C57H49N4O.Pt/c1-38-30-48(39-18-10-8-11-19-39)55(49(31-38)40-20-12-9-13-21-40)60-37-59(51-24-16-17-25-52(51)60)43-32-42(57(5,6)7)33-45(35-43)62-44-26-27-47-46-22-14-15-23-50(46)61(53(47)36-44)54-34-41(28-29-58-54)56(2,3)4;/h8-34,37H,1-7H3;/q-3;/i1D3,14D,15D,22D,23D,30D,31D;. The molecule has 0 N–H and O–H groups in total. The van der Waals surface area contributed by atoms with E-state index in [1.54, 1.807) is 22.9 Å². The Bertz CT molecular complexity index is 3520. The van der Waals surface area contributed by atoms with Crippen LogP contribution >= 0.6 is 0 Å². The maximum atomic E-state index is 9.59. The van der Waals surface area contributed by atoms with Gasteiger partial charge >= 0.3 is 0 Å². The van der Waals surface area contributed by atoms with Crippen LogP contribution in [-0.2, 0) is 31.9 Å². The third kappa shape index (κ3) is 7.85. The van der Waals surface area contributed by atoms with Crippen molar-refractivity contribution in [1.29, 1.82) is 0 Å². The summed E-state index contributed by atoms with van der Waals surface area (Å²) in [6.07, 6.45) is 1.71. The number of hydrogen-bond donors (Lipinski definition) is 0. The molecule has 9 aromatic rings. The zero-order valence-electron chi connectivity index (χ0n) is 44.7. The van der Waals surface area contributed by atoms with E-state index >= 15 is 0 Å². The van der Waals surface area contributed by atoms with E-state index in [4.69, 9.17) is 19.3 Å². The fraction of sp³-hybridized carbons (Fsp3) is 0.158. The first-order valence-electron chi connectivity index (χ1n) is 25.1. The molecule has 63 heavy (non-hydrogen) atoms. The molecule has 1 aliphatic rings. The van der Waals surface area contributed by atoms with E-state index in [0.717, 1.165) is 22.5 Å². The van der Waals surface area contributed by atoms with Crippen LogP contribution in [0.2, 0.25) is 0 Å². The van der Waals surface area contributed by atoms with Gasteiger partial charge < -0.3 is 19.1 Å². The smallest absolute Gasteiger partial charge is 0.135 e. The molecule has 0 radical (unpaired) electrons. The zero-order valence-corrected chi connectivity index (χ0v) is 38.0. The van der Waals surface area contributed by atoms with Gasteiger partial charge in [0.25, 0.3) is 0 Å². The van der Waals surface area contributed by atoms with Crippen LogP contribution in [0.15, 0.2) is 164 Å². The SMILES string of the molecule is [2H]c1c(-c2ccccc2)c(N2[CH-]N(c3[c-]c(Oc4[c-]c5c(cc4)c4c([2H])c([2H])c([2H])c([2H])c4n5-c4cc(C(C)(C)C)ccn4)cc(C(C)(C)C)c3)c3ccccc32)c(-c2ccccc2)c([2H])c1C([2H])([2H])[2H].[Pt]. The van der Waals surface area contributed by atoms with E-state index in [9.17, 15) is 2.74 Å². The molecule has 1 aliphatic heterocycles. The maximum absolute atomic E-state index is 9.59. The van der Waals surface area contributed by atoms with E-state index in [-0.39, 0.29) is 79.2 Å². The Balaban J connectivity index is 0.00000640. The summed E-state index contributed by atoms with van der Waals surface area (Å²) in [4.78, 5) is 8.64. The largest absolute Gasteiger partial charge is 0.509 e. The monoisotopic (exact) mass is 1010 g/mol. The number of aromatic nitrogens is 2. The molecule has 0 unspecified atom stereocenters. The number of fused-ring (bicyclic) bond motifs is 4. The minimum atomic E-state index is -2.75. The van der Waals surface area contributed by atoms with Crippen molar-refractivity contribution in [2.45, 2.75) is 59.2 Å². The molecular formula is C57H49N4OPt-3. The molecule has 7 aromatic carbocycles. The van der Waals surface area contributed by atoms with Gasteiger partial charge in [-0.05, 0) is 87.7 Å². The maximum Gasteiger partial charge on any atom is 0.135 e. The van der Waals surface area contributed by atoms with E-state index in [1.807, 2.05) is 126 Å². The van der Waals surface area contributed by atoms with Gasteiger partial charge in [0, 0.05) is 76.6 Å². The predicted molar refractivity (Wildman–Crippen MR) is 257 cm³/mol. The Kier molecular flexibility index (Phi) is 8.39. The first-order valence-corrected chi connectivity index (χ1v) is 20.6. The average molecular weight is 1010 g/mol. The number of hydrogen-bond acceptors (Lipinski definition) is 4. The third-order valence-electron chi connectivity index (χ3n) is 11.3. The molecule has 0 bridgehead atoms. The van der Waals surface area contributed by atoms with Crippen molar-refractivity contribution in [2.75, 3.05) is 9.80 Å². The molecule has 0 atom stereocenters. The fourth-order valence-corrected chi connectivity index (χ4v) is 8.06. The Morgan fingerprint density at radius 2 is 1.29 bits per heavy atom. The van der Waals surface area contributed by atoms with Crippen molar-refractivity contribution < 1.29 is 38.1 Å². The van der Waals surface area contributed by atoms with Crippen molar-refractivity contribution in [1.82, 2.24) is 9.55 Å². The number of para-hydroxylation sites is 3. The predicted octanol–water partition coefficient (Wildman–Crippen LogP) is 15.2. The Morgan fingerprint density at radius 3 is 1.94 bits per heavy atom. The van der Waals surface area contributed by atoms with E-state index in [2.05, 4.69) is 53.7 Å². The molecule has 0 aliphatic carbocycles. The zero-order chi connectivity index (χ0) is 50.5. The van der Waals surface area contributed by atoms with Crippen LogP contribution in [0.4, 0.5) is 22.7 Å². The van der Waals surface area contributed by atoms with Crippen LogP contribution < -0.4 is 14.5 Å². The molecule has 5 nitrogen and oxygen atoms in total. The van der Waals surface area contributed by atoms with Gasteiger partial charge in [-0.1, -0.05) is 138 Å². The van der Waals surface area contributed by atoms with E-state index < -0.39 is 6.85 Å². The summed E-state index contributed by atoms with van der Waals surface area (Å²) < 4.78 is 88.7. The normalized spacial score (nSPS) is 15.0. The number of benzene rings is 7. The summed E-state index contributed by atoms with van der Waals surface area (Å²) >= 11 is 0. The van der Waals surface area contributed by atoms with Gasteiger partial charge in [-0.25, -0.2) is 4.98 Å². The first-order chi connectivity index (χ1) is 33.6. The number of pyridine rings is 1. The second-order valence-electron chi connectivity index (χ2n) is 17.6. The van der Waals surface area contributed by atoms with Crippen molar-refractivity contribution in [2.24, 2.45) is 0 Å². The fourth-order valence-electron chi connectivity index (χ4n) is 8.06. The molecule has 0 amide bonds. The second-order valence-corrected chi connectivity index (χ2v) is 17.6. The molecule has 2 aromatic heterocycles. The topological polar surface area (TPSA) is 33.5 Å². The third-order valence-corrected chi connectivity index (χ3v) is 11.3. The van der Waals surface area contributed by atoms with Crippen molar-refractivity contribution in [3.8, 4) is 39.6 Å². The molecule has 0 fully saturated rings. The van der Waals surface area contributed by atoms with E-state index in [0.29, 0.717) is 67.2 Å². The number of rotatable bonds is 7. The molecular weight excluding hydrogens is 952 g/mol. The Morgan fingerprint density at radius 1 is 0.651 bits per heavy atom. The van der Waals surface area contributed by atoms with Gasteiger partial charge in [0.15, 0.2) is 0 Å². The van der Waals surface area contributed by atoms with Gasteiger partial charge in [0.05, 0.1) is 8.22 Å². The second kappa shape index (κ2) is 16.4. The number of nitrogens with zero attached hydrogens (tertiary/aromatic N) is 4. The summed E-state index contributed by atoms with van der Waals surface area (Å²) in [7, 11) is 0. The summed E-state index contributed by atoms with van der Waals surface area (Å²) in [5, 5.41) is 0.907. The first kappa shape index (κ1) is 32.3. The summed E-state index contributed by atoms with van der Waals surface area (Å²) in [6, 6.07) is 43.1. The molecule has 10 rings (SSSR count). The van der Waals surface area contributed by atoms with Crippen LogP contribution in [0.5, 0.6) is 11.5 Å². The summed E-state index contributed by atoms with van der Waals surface area (Å²) in [6.45, 7) is 11.7. The van der Waals surface area contributed by atoms with Gasteiger partial charge in [-0.3, -0.25) is 0 Å². The van der Waals surface area contributed by atoms with Crippen LogP contribution in [0.3, 0.4) is 0 Å². The molecule has 0 spiro atoms. The quantitative estimate of drug-likeness (QED) is 0.149. The van der Waals surface area contributed by atoms with Crippen molar-refractivity contribution in [3.05, 3.63) is 199 Å². The summed E-state index contributed by atoms with van der Waals surface area (Å²) in [5.41, 5.74) is 6.27. The average Bonchev–Trinajstić information content (AvgIpc) is 3.88. The van der Waals surface area contributed by atoms with Gasteiger partial charge in [0.2, 0.25) is 0 Å². The minimum Gasteiger partial charge on any atom is -0.509 e. The Labute approximate surface area is 398 Å². The van der Waals surface area contributed by atoms with Crippen LogP contribution in [0, 0.1) is 25.7 Å². The Hall–Kier alpha value is -6.42. The van der Waals surface area contributed by atoms with Crippen molar-refractivity contribution in [3.63, 3.8) is 0 Å². The molecule has 0 saturated carbocycles. The molecule has 316 valence electrons. The van der Waals surface area contributed by atoms with Crippen LogP contribution in [-0.4, -0.2) is 9.55 Å². The number of anilines is 4. The van der Waals surface area contributed by atoms with Crippen LogP contribution in [0.1, 0.15) is 70.6 Å². The summed E-state index contributed by atoms with van der Waals surface area (Å²) in [5.74, 6) is 1.15. The minimum absolute atomic E-state index is 0. The van der Waals surface area contributed by atoms with Gasteiger partial charge in [-0.2, -0.15) is 6.07 Å².